The molecular weight excluding hydrogens is 934 g/mol. The highest BCUT2D eigenvalue weighted by molar-refractivity contribution is 14.1. The van der Waals surface area contributed by atoms with Crippen LogP contribution in [0.25, 0.3) is 22.0 Å². The van der Waals surface area contributed by atoms with Gasteiger partial charge in [0, 0.05) is 80.4 Å². The van der Waals surface area contributed by atoms with Gasteiger partial charge < -0.3 is 21.1 Å². The summed E-state index contributed by atoms with van der Waals surface area (Å²) in [7, 11) is 0. The van der Waals surface area contributed by atoms with E-state index < -0.39 is 0 Å². The second-order valence-corrected chi connectivity index (χ2v) is 19.0. The van der Waals surface area contributed by atoms with Crippen LogP contribution in [-0.4, -0.2) is 52.1 Å². The molecule has 8 bridgehead atoms. The largest absolute Gasteiger partial charge is 0.511 e. The quantitative estimate of drug-likeness (QED) is 0.0940. The average Bonchev–Trinajstić information content (AvgIpc) is 4.07. The summed E-state index contributed by atoms with van der Waals surface area (Å²) in [5.41, 5.74) is 16.4. The third kappa shape index (κ3) is 8.53. The zero-order chi connectivity index (χ0) is 46.2. The molecule has 6 aliphatic rings. The summed E-state index contributed by atoms with van der Waals surface area (Å²) in [4.78, 5) is 47.0. The number of aliphatic hydroxyl groups is 1. The molecule has 3 aromatic rings. The number of halogens is 1. The van der Waals surface area contributed by atoms with Crippen molar-refractivity contribution in [1.82, 2.24) is 20.9 Å². The molecule has 11 heteroatoms. The van der Waals surface area contributed by atoms with Crippen molar-refractivity contribution in [1.29, 1.82) is 0 Å². The van der Waals surface area contributed by atoms with Crippen LogP contribution in [0.1, 0.15) is 96.5 Å². The lowest BCUT2D eigenvalue weighted by Crippen LogP contribution is -2.26. The minimum Gasteiger partial charge on any atom is -0.511 e. The van der Waals surface area contributed by atoms with Gasteiger partial charge in [0.15, 0.2) is 0 Å². The Labute approximate surface area is 400 Å². The lowest BCUT2D eigenvalue weighted by Gasteiger charge is -2.18. The number of fused-ring (bicyclic) bond motifs is 6. The fourth-order valence-electron chi connectivity index (χ4n) is 10.1. The first-order valence-corrected chi connectivity index (χ1v) is 24.3. The third-order valence-electron chi connectivity index (χ3n) is 13.8. The van der Waals surface area contributed by atoms with Gasteiger partial charge in [-0.15, -0.1) is 0 Å². The number of aliphatic imine (C=N–C) groups is 3. The van der Waals surface area contributed by atoms with Crippen LogP contribution in [0.4, 0.5) is 0 Å². The second kappa shape index (κ2) is 18.9. The van der Waals surface area contributed by atoms with E-state index in [0.29, 0.717) is 43.8 Å². The normalized spacial score (nSPS) is 19.8. The van der Waals surface area contributed by atoms with E-state index in [-0.39, 0.29) is 23.7 Å². The van der Waals surface area contributed by atoms with Crippen molar-refractivity contribution in [3.63, 3.8) is 0 Å². The number of rotatable bonds is 14. The van der Waals surface area contributed by atoms with Gasteiger partial charge in [-0.3, -0.25) is 9.59 Å². The van der Waals surface area contributed by atoms with Crippen LogP contribution in [0.3, 0.4) is 0 Å². The van der Waals surface area contributed by atoms with Gasteiger partial charge >= 0.3 is 0 Å². The highest BCUT2D eigenvalue weighted by Crippen LogP contribution is 2.46. The van der Waals surface area contributed by atoms with Crippen molar-refractivity contribution in [2.45, 2.75) is 86.0 Å². The Morgan fingerprint density at radius 1 is 0.894 bits per heavy atom. The summed E-state index contributed by atoms with van der Waals surface area (Å²) in [6.45, 7) is 15.9. The van der Waals surface area contributed by atoms with Crippen molar-refractivity contribution in [3.05, 3.63) is 168 Å². The number of nitrogens with one attached hydrogen (secondary N) is 3. The molecule has 0 unspecified atom stereocenters. The number of amides is 2. The zero-order valence-electron chi connectivity index (χ0n) is 38.4. The Kier molecular flexibility index (Phi) is 12.9. The van der Waals surface area contributed by atoms with Crippen LogP contribution in [0.5, 0.6) is 0 Å². The van der Waals surface area contributed by atoms with E-state index in [4.69, 9.17) is 20.0 Å². The Balaban J connectivity index is 0.833. The minimum atomic E-state index is -0.177. The fourth-order valence-corrected chi connectivity index (χ4v) is 10.7. The number of hydrogen-bond donors (Lipinski definition) is 4. The number of nitrogens with zero attached hydrogens (tertiary/aromatic N) is 4. The van der Waals surface area contributed by atoms with Crippen LogP contribution in [0.15, 0.2) is 174 Å². The molecule has 1 aromatic heterocycles. The lowest BCUT2D eigenvalue weighted by atomic mass is 9.86. The van der Waals surface area contributed by atoms with Gasteiger partial charge in [-0.25, -0.2) is 20.0 Å². The Hall–Kier alpha value is -6.21. The third-order valence-corrected chi connectivity index (χ3v) is 14.7. The van der Waals surface area contributed by atoms with Crippen molar-refractivity contribution < 1.29 is 14.7 Å². The van der Waals surface area contributed by atoms with Gasteiger partial charge in [0.05, 0.1) is 39.9 Å². The molecule has 1 aliphatic carbocycles. The summed E-state index contributed by atoms with van der Waals surface area (Å²) >= 11 is 2.32. The topological polar surface area (TPSA) is 140 Å². The van der Waals surface area contributed by atoms with E-state index in [2.05, 4.69) is 97.1 Å². The molecule has 10 nitrogen and oxygen atoms in total. The van der Waals surface area contributed by atoms with Gasteiger partial charge in [0.25, 0.3) is 5.91 Å². The molecule has 0 saturated carbocycles. The van der Waals surface area contributed by atoms with Crippen LogP contribution < -0.4 is 16.0 Å². The molecule has 336 valence electrons. The monoisotopic (exact) mass is 989 g/mol. The first-order valence-electron chi connectivity index (χ1n) is 23.2. The average molecular weight is 990 g/mol. The summed E-state index contributed by atoms with van der Waals surface area (Å²) in [6, 6.07) is 18.0. The predicted molar refractivity (Wildman–Crippen MR) is 275 cm³/mol. The molecule has 0 spiro atoms. The predicted octanol–water partition coefficient (Wildman–Crippen LogP) is 11.6. The smallest absolute Gasteiger partial charge is 0.269 e. The zero-order valence-corrected chi connectivity index (χ0v) is 40.5. The number of carbonyl (C=O) groups excluding carboxylic acids is 2. The van der Waals surface area contributed by atoms with Crippen molar-refractivity contribution >= 4 is 62.3 Å². The number of carbonyl (C=O) groups is 2. The SMILES string of the molecule is C=CC1=C(C)C2=NC1=CC1=NC(=CC3=C(C)C4=C(O)CC(=C5NC(=C2)[C@@H](C)[C@@H]5CCC(=O)NCCCCCCNC(=O)c2cc5ccccc5c(-c5ccccc5I)n2)C4=N3)C(CC)=C1C. The number of pyridine rings is 1. The van der Waals surface area contributed by atoms with Gasteiger partial charge in [-0.1, -0.05) is 81.8 Å². The second-order valence-electron chi connectivity index (χ2n) is 17.9. The van der Waals surface area contributed by atoms with Crippen LogP contribution >= 0.6 is 22.6 Å². The molecule has 1 saturated heterocycles. The maximum absolute atomic E-state index is 13.4. The summed E-state index contributed by atoms with van der Waals surface area (Å²) in [6.07, 6.45) is 13.9. The van der Waals surface area contributed by atoms with Gasteiger partial charge in [-0.05, 0) is 127 Å². The number of aromatic nitrogens is 1. The van der Waals surface area contributed by atoms with Gasteiger partial charge in [0.1, 0.15) is 11.5 Å². The van der Waals surface area contributed by atoms with Crippen molar-refractivity contribution in [2.75, 3.05) is 13.1 Å². The summed E-state index contributed by atoms with van der Waals surface area (Å²) in [5, 5.41) is 23.5. The molecule has 1 fully saturated rings. The van der Waals surface area contributed by atoms with Crippen LogP contribution in [-0.2, 0) is 4.79 Å². The van der Waals surface area contributed by atoms with Crippen molar-refractivity contribution in [3.8, 4) is 11.3 Å². The standard InChI is InChI=1S/C55H56IN7O3/c1-7-35-30(3)42-27-44-32(5)37(52(61-44)40-26-49(64)51-33(6)45(62-54(40)51)29-47-36(8-2)31(4)43(60-47)28-46(35)59-42)21-22-50(65)57-23-15-9-10-16-24-58-55(66)48-25-34-17-11-12-18-38(34)53(63-48)39-19-13-14-20-41(39)56/h7,11-14,17-20,25,27-29,32,37,61,64H,1,8-10,15-16,21-24,26H2,2-6H3,(H,57,65)(H,58,66)/t32-,37-/m0/s1. The first-order chi connectivity index (χ1) is 31.9. The van der Waals surface area contributed by atoms with Crippen LogP contribution in [0, 0.1) is 15.4 Å². The Morgan fingerprint density at radius 2 is 1.62 bits per heavy atom. The number of benzene rings is 2. The van der Waals surface area contributed by atoms with Crippen LogP contribution in [0.2, 0.25) is 0 Å². The molecule has 2 atom stereocenters. The number of unbranched alkanes of at least 4 members (excludes halogenated alkanes) is 3. The van der Waals surface area contributed by atoms with E-state index >= 15 is 0 Å². The van der Waals surface area contributed by atoms with E-state index in [0.717, 1.165) is 137 Å². The molecular formula is C55H56IN7O3. The number of aliphatic hydroxyl groups excluding tert-OH is 1. The number of hydrogen-bond acceptors (Lipinski definition) is 8. The highest BCUT2D eigenvalue weighted by Gasteiger charge is 2.41. The maximum Gasteiger partial charge on any atom is 0.269 e. The Bertz CT molecular complexity index is 2980. The van der Waals surface area contributed by atoms with E-state index in [1.165, 1.54) is 5.57 Å². The highest BCUT2D eigenvalue weighted by atomic mass is 127. The molecule has 9 rings (SSSR count). The maximum atomic E-state index is 13.4. The lowest BCUT2D eigenvalue weighted by molar-refractivity contribution is -0.121. The molecule has 4 N–H and O–H groups in total. The molecule has 0 radical (unpaired) electrons. The minimum absolute atomic E-state index is 0.00188. The Morgan fingerprint density at radius 3 is 2.39 bits per heavy atom. The molecule has 5 aliphatic heterocycles. The van der Waals surface area contributed by atoms with E-state index in [9.17, 15) is 14.7 Å². The fraction of sp³-hybridized carbons (Fsp3) is 0.309. The molecule has 6 heterocycles. The van der Waals surface area contributed by atoms with Crippen molar-refractivity contribution in [2.24, 2.45) is 26.8 Å². The van der Waals surface area contributed by atoms with Gasteiger partial charge in [0.2, 0.25) is 5.91 Å². The summed E-state index contributed by atoms with van der Waals surface area (Å²) in [5.74, 6) is 0.223. The first kappa shape index (κ1) is 45.0. The molecule has 2 amide bonds. The summed E-state index contributed by atoms with van der Waals surface area (Å²) < 4.78 is 1.08. The van der Waals surface area contributed by atoms with E-state index in [1.54, 1.807) is 0 Å². The molecule has 66 heavy (non-hydrogen) atoms. The van der Waals surface area contributed by atoms with E-state index in [1.807, 2.05) is 61.5 Å². The van der Waals surface area contributed by atoms with Gasteiger partial charge in [-0.2, -0.15) is 0 Å². The number of allylic oxidation sites excluding steroid dienone is 12. The molecule has 2 aromatic carbocycles.